The van der Waals surface area contributed by atoms with E-state index in [4.69, 9.17) is 11.6 Å². The van der Waals surface area contributed by atoms with Gasteiger partial charge in [-0.05, 0) is 35.9 Å². The van der Waals surface area contributed by atoms with E-state index in [1.54, 1.807) is 54.6 Å². The zero-order chi connectivity index (χ0) is 18.4. The minimum absolute atomic E-state index is 0.267. The van der Waals surface area contributed by atoms with Crippen LogP contribution in [0.5, 0.6) is 0 Å². The van der Waals surface area contributed by atoms with Gasteiger partial charge in [0.2, 0.25) is 0 Å². The summed E-state index contributed by atoms with van der Waals surface area (Å²) >= 11 is 6.11. The van der Waals surface area contributed by atoms with Crippen molar-refractivity contribution in [3.8, 4) is 0 Å². The number of carbonyl (C=O) groups is 2. The predicted molar refractivity (Wildman–Crippen MR) is 103 cm³/mol. The number of hydrogen-bond acceptors (Lipinski definition) is 2. The van der Waals surface area contributed by atoms with Gasteiger partial charge in [0.15, 0.2) is 0 Å². The highest BCUT2D eigenvalue weighted by atomic mass is 35.5. The molecule has 0 unspecified atom stereocenters. The first kappa shape index (κ1) is 17.7. The van der Waals surface area contributed by atoms with E-state index in [1.165, 1.54) is 0 Å². The van der Waals surface area contributed by atoms with Gasteiger partial charge in [0.25, 0.3) is 11.8 Å². The maximum Gasteiger partial charge on any atom is 0.255 e. The van der Waals surface area contributed by atoms with Crippen LogP contribution in [0.4, 0.5) is 5.69 Å². The largest absolute Gasteiger partial charge is 0.348 e. The molecule has 3 aromatic carbocycles. The lowest BCUT2D eigenvalue weighted by molar-refractivity contribution is 0.0952. The second-order valence-electron chi connectivity index (χ2n) is 5.64. The average molecular weight is 365 g/mol. The summed E-state index contributed by atoms with van der Waals surface area (Å²) in [5.74, 6) is -0.550. The van der Waals surface area contributed by atoms with E-state index in [1.807, 2.05) is 24.3 Å². The molecule has 5 heteroatoms. The number of benzene rings is 3. The molecule has 0 saturated carbocycles. The summed E-state index contributed by atoms with van der Waals surface area (Å²) in [6, 6.07) is 23.1. The van der Waals surface area contributed by atoms with E-state index in [9.17, 15) is 9.59 Å². The number of hydrogen-bond donors (Lipinski definition) is 2. The van der Waals surface area contributed by atoms with Crippen molar-refractivity contribution in [3.05, 3.63) is 101 Å². The average Bonchev–Trinajstić information content (AvgIpc) is 2.68. The molecule has 0 heterocycles. The van der Waals surface area contributed by atoms with Crippen LogP contribution in [0.2, 0.25) is 5.02 Å². The number of halogens is 1. The van der Waals surface area contributed by atoms with E-state index in [2.05, 4.69) is 10.6 Å². The van der Waals surface area contributed by atoms with Crippen LogP contribution in [0.25, 0.3) is 0 Å². The van der Waals surface area contributed by atoms with Crippen LogP contribution in [-0.4, -0.2) is 11.8 Å². The van der Waals surface area contributed by atoms with Crippen LogP contribution >= 0.6 is 11.6 Å². The molecule has 2 amide bonds. The van der Waals surface area contributed by atoms with Crippen LogP contribution in [0, 0.1) is 0 Å². The van der Waals surface area contributed by atoms with Gasteiger partial charge >= 0.3 is 0 Å². The molecule has 3 aromatic rings. The van der Waals surface area contributed by atoms with E-state index in [0.29, 0.717) is 28.4 Å². The van der Waals surface area contributed by atoms with Gasteiger partial charge in [-0.1, -0.05) is 60.1 Å². The minimum Gasteiger partial charge on any atom is -0.348 e. The number of para-hydroxylation sites is 1. The molecule has 0 saturated heterocycles. The third-order valence-corrected chi connectivity index (χ3v) is 4.22. The SMILES string of the molecule is O=C(Nc1ccccc1C(=O)NCc1ccccc1Cl)c1ccccc1. The van der Waals surface area contributed by atoms with Crippen molar-refractivity contribution in [2.45, 2.75) is 6.54 Å². The summed E-state index contributed by atoms with van der Waals surface area (Å²) in [6.07, 6.45) is 0. The fourth-order valence-corrected chi connectivity index (χ4v) is 2.69. The third-order valence-electron chi connectivity index (χ3n) is 3.85. The summed E-state index contributed by atoms with van der Waals surface area (Å²) in [6.45, 7) is 0.305. The Kier molecular flexibility index (Phi) is 5.66. The highest BCUT2D eigenvalue weighted by Gasteiger charge is 2.14. The summed E-state index contributed by atoms with van der Waals surface area (Å²) in [7, 11) is 0. The predicted octanol–water partition coefficient (Wildman–Crippen LogP) is 4.52. The molecule has 0 aliphatic heterocycles. The Morgan fingerprint density at radius 2 is 1.42 bits per heavy atom. The second-order valence-corrected chi connectivity index (χ2v) is 6.05. The van der Waals surface area contributed by atoms with Gasteiger partial charge in [0, 0.05) is 17.1 Å². The Morgan fingerprint density at radius 3 is 2.19 bits per heavy atom. The monoisotopic (exact) mass is 364 g/mol. The maximum atomic E-state index is 12.6. The lowest BCUT2D eigenvalue weighted by atomic mass is 10.1. The van der Waals surface area contributed by atoms with Crippen molar-refractivity contribution in [2.75, 3.05) is 5.32 Å². The molecule has 0 atom stereocenters. The molecule has 0 aliphatic carbocycles. The van der Waals surface area contributed by atoms with Crippen LogP contribution in [0.1, 0.15) is 26.3 Å². The van der Waals surface area contributed by atoms with E-state index >= 15 is 0 Å². The summed E-state index contributed by atoms with van der Waals surface area (Å²) in [5, 5.41) is 6.22. The molecular formula is C21H17ClN2O2. The molecule has 4 nitrogen and oxygen atoms in total. The van der Waals surface area contributed by atoms with Gasteiger partial charge in [-0.15, -0.1) is 0 Å². The Balaban J connectivity index is 1.73. The van der Waals surface area contributed by atoms with Crippen molar-refractivity contribution < 1.29 is 9.59 Å². The van der Waals surface area contributed by atoms with E-state index in [-0.39, 0.29) is 11.8 Å². The molecule has 26 heavy (non-hydrogen) atoms. The topological polar surface area (TPSA) is 58.2 Å². The maximum absolute atomic E-state index is 12.6. The normalized spacial score (nSPS) is 10.2. The van der Waals surface area contributed by atoms with E-state index in [0.717, 1.165) is 5.56 Å². The zero-order valence-electron chi connectivity index (χ0n) is 13.9. The smallest absolute Gasteiger partial charge is 0.255 e. The second kappa shape index (κ2) is 8.32. The van der Waals surface area contributed by atoms with Gasteiger partial charge in [-0.2, -0.15) is 0 Å². The van der Waals surface area contributed by atoms with Crippen molar-refractivity contribution in [2.24, 2.45) is 0 Å². The quantitative estimate of drug-likeness (QED) is 0.699. The molecule has 0 spiro atoms. The molecule has 0 bridgehead atoms. The number of nitrogens with one attached hydrogen (secondary N) is 2. The molecule has 2 N–H and O–H groups in total. The molecule has 130 valence electrons. The van der Waals surface area contributed by atoms with Crippen LogP contribution in [0.3, 0.4) is 0 Å². The van der Waals surface area contributed by atoms with Gasteiger partial charge in [-0.25, -0.2) is 0 Å². The van der Waals surface area contributed by atoms with Crippen molar-refractivity contribution >= 4 is 29.1 Å². The lowest BCUT2D eigenvalue weighted by Crippen LogP contribution is -2.25. The fraction of sp³-hybridized carbons (Fsp3) is 0.0476. The van der Waals surface area contributed by atoms with Gasteiger partial charge in [0.1, 0.15) is 0 Å². The van der Waals surface area contributed by atoms with Crippen LogP contribution in [0.15, 0.2) is 78.9 Å². The van der Waals surface area contributed by atoms with Gasteiger partial charge < -0.3 is 10.6 Å². The lowest BCUT2D eigenvalue weighted by Gasteiger charge is -2.12. The molecular weight excluding hydrogens is 348 g/mol. The molecule has 0 radical (unpaired) electrons. The summed E-state index contributed by atoms with van der Waals surface area (Å²) < 4.78 is 0. The third kappa shape index (κ3) is 4.29. The van der Waals surface area contributed by atoms with Gasteiger partial charge in [-0.3, -0.25) is 9.59 Å². The molecule has 0 aliphatic rings. The summed E-state index contributed by atoms with van der Waals surface area (Å²) in [5.41, 5.74) is 2.20. The number of carbonyl (C=O) groups excluding carboxylic acids is 2. The first-order valence-electron chi connectivity index (χ1n) is 8.12. The highest BCUT2D eigenvalue weighted by molar-refractivity contribution is 6.31. The Morgan fingerprint density at radius 1 is 0.769 bits per heavy atom. The number of anilines is 1. The Bertz CT molecular complexity index is 926. The molecule has 0 aromatic heterocycles. The van der Waals surface area contributed by atoms with E-state index < -0.39 is 0 Å². The standard InChI is InChI=1S/C21H17ClN2O2/c22-18-12-6-4-10-16(18)14-23-21(26)17-11-5-7-13-19(17)24-20(25)15-8-2-1-3-9-15/h1-13H,14H2,(H,23,26)(H,24,25). The zero-order valence-corrected chi connectivity index (χ0v) is 14.7. The Labute approximate surface area is 156 Å². The van der Waals surface area contributed by atoms with Crippen molar-refractivity contribution in [1.29, 1.82) is 0 Å². The van der Waals surface area contributed by atoms with Crippen LogP contribution < -0.4 is 10.6 Å². The number of amides is 2. The van der Waals surface area contributed by atoms with Crippen LogP contribution in [-0.2, 0) is 6.54 Å². The molecule has 0 fully saturated rings. The van der Waals surface area contributed by atoms with Crippen molar-refractivity contribution in [3.63, 3.8) is 0 Å². The van der Waals surface area contributed by atoms with Gasteiger partial charge in [0.05, 0.1) is 11.3 Å². The fourth-order valence-electron chi connectivity index (χ4n) is 2.49. The minimum atomic E-state index is -0.283. The summed E-state index contributed by atoms with van der Waals surface area (Å²) in [4.78, 5) is 24.9. The molecule has 3 rings (SSSR count). The van der Waals surface area contributed by atoms with Crippen molar-refractivity contribution in [1.82, 2.24) is 5.32 Å². The first-order chi connectivity index (χ1) is 12.6. The first-order valence-corrected chi connectivity index (χ1v) is 8.50. The Hall–Kier alpha value is -3.11. The number of rotatable bonds is 5. The highest BCUT2D eigenvalue weighted by Crippen LogP contribution is 2.18.